The van der Waals surface area contributed by atoms with Gasteiger partial charge < -0.3 is 10.4 Å². The lowest BCUT2D eigenvalue weighted by Gasteiger charge is -2.17. The predicted octanol–water partition coefficient (Wildman–Crippen LogP) is 2.24. The van der Waals surface area contributed by atoms with Crippen molar-refractivity contribution < 1.29 is 14.8 Å². The minimum atomic E-state index is -0.923. The van der Waals surface area contributed by atoms with Crippen molar-refractivity contribution in [2.24, 2.45) is 11.8 Å². The molecule has 7 nitrogen and oxygen atoms in total. The van der Waals surface area contributed by atoms with E-state index < -0.39 is 16.8 Å². The number of non-ortho nitro benzene ring substituents is 1. The number of nitro groups is 1. The largest absolute Gasteiger partial charge is 0.481 e. The summed E-state index contributed by atoms with van der Waals surface area (Å²) >= 11 is 0. The molecule has 0 saturated carbocycles. The van der Waals surface area contributed by atoms with Gasteiger partial charge in [0.15, 0.2) is 0 Å². The van der Waals surface area contributed by atoms with Crippen molar-refractivity contribution in [3.63, 3.8) is 0 Å². The number of nitrogens with one attached hydrogen (secondary N) is 1. The third-order valence-electron chi connectivity index (χ3n) is 2.97. The van der Waals surface area contributed by atoms with Gasteiger partial charge in [-0.3, -0.25) is 14.9 Å². The molecule has 2 N–H and O–H groups in total. The maximum Gasteiger partial charge on any atom is 0.308 e. The van der Waals surface area contributed by atoms with Crippen LogP contribution in [0.1, 0.15) is 19.4 Å². The Kier molecular flexibility index (Phi) is 5.03. The first-order valence-corrected chi connectivity index (χ1v) is 6.02. The lowest BCUT2D eigenvalue weighted by molar-refractivity contribution is -0.384. The van der Waals surface area contributed by atoms with Gasteiger partial charge in [0.05, 0.1) is 22.1 Å². The first-order chi connectivity index (χ1) is 9.36. The van der Waals surface area contributed by atoms with E-state index in [4.69, 9.17) is 10.4 Å². The summed E-state index contributed by atoms with van der Waals surface area (Å²) in [7, 11) is 0. The van der Waals surface area contributed by atoms with Crippen LogP contribution in [0.25, 0.3) is 0 Å². The molecule has 7 heteroatoms. The Morgan fingerprint density at radius 3 is 2.65 bits per heavy atom. The number of benzene rings is 1. The number of anilines is 1. The molecule has 0 radical (unpaired) electrons. The summed E-state index contributed by atoms with van der Waals surface area (Å²) in [4.78, 5) is 21.1. The fourth-order valence-corrected chi connectivity index (χ4v) is 1.72. The van der Waals surface area contributed by atoms with Crippen molar-refractivity contribution in [3.8, 4) is 6.07 Å². The molecule has 1 aromatic carbocycles. The molecule has 0 spiro atoms. The van der Waals surface area contributed by atoms with Gasteiger partial charge in [0.25, 0.3) is 5.69 Å². The Labute approximate surface area is 116 Å². The highest BCUT2D eigenvalue weighted by Crippen LogP contribution is 2.22. The van der Waals surface area contributed by atoms with Crippen LogP contribution in [0.5, 0.6) is 0 Å². The van der Waals surface area contributed by atoms with Gasteiger partial charge in [0, 0.05) is 18.7 Å². The summed E-state index contributed by atoms with van der Waals surface area (Å²) in [5.74, 6) is -1.59. The third-order valence-corrected chi connectivity index (χ3v) is 2.97. The van der Waals surface area contributed by atoms with Crippen molar-refractivity contribution in [2.75, 3.05) is 11.9 Å². The van der Waals surface area contributed by atoms with Crippen LogP contribution in [0.2, 0.25) is 0 Å². The number of nitriles is 1. The summed E-state index contributed by atoms with van der Waals surface area (Å²) in [5.41, 5.74) is 0.336. The number of carbonyl (C=O) groups is 1. The van der Waals surface area contributed by atoms with E-state index in [1.807, 2.05) is 6.07 Å². The van der Waals surface area contributed by atoms with E-state index in [9.17, 15) is 14.9 Å². The molecule has 1 rings (SSSR count). The quantitative estimate of drug-likeness (QED) is 0.608. The summed E-state index contributed by atoms with van der Waals surface area (Å²) in [6.45, 7) is 3.74. The molecule has 0 saturated heterocycles. The zero-order chi connectivity index (χ0) is 15.3. The van der Waals surface area contributed by atoms with Gasteiger partial charge in [-0.2, -0.15) is 5.26 Å². The van der Waals surface area contributed by atoms with E-state index in [-0.39, 0.29) is 23.7 Å². The Hall–Kier alpha value is -2.62. The number of carboxylic acid groups (broad SMARTS) is 1. The lowest BCUT2D eigenvalue weighted by Crippen LogP contribution is -2.27. The molecule has 0 heterocycles. The van der Waals surface area contributed by atoms with Crippen LogP contribution in [-0.4, -0.2) is 22.5 Å². The second-order valence-corrected chi connectivity index (χ2v) is 4.67. The van der Waals surface area contributed by atoms with E-state index in [0.29, 0.717) is 5.69 Å². The lowest BCUT2D eigenvalue weighted by atomic mass is 9.96. The van der Waals surface area contributed by atoms with E-state index in [0.717, 1.165) is 6.07 Å². The van der Waals surface area contributed by atoms with Crippen LogP contribution >= 0.6 is 0 Å². The molecule has 106 valence electrons. The van der Waals surface area contributed by atoms with Crippen LogP contribution in [0.4, 0.5) is 11.4 Å². The average Bonchev–Trinajstić information content (AvgIpc) is 2.37. The highest BCUT2D eigenvalue weighted by atomic mass is 16.6. The fraction of sp³-hybridized carbons (Fsp3) is 0.385. The first kappa shape index (κ1) is 15.4. The first-order valence-electron chi connectivity index (χ1n) is 6.02. The maximum absolute atomic E-state index is 11.1. The van der Waals surface area contributed by atoms with Gasteiger partial charge in [-0.25, -0.2) is 0 Å². The number of hydrogen-bond donors (Lipinski definition) is 2. The van der Waals surface area contributed by atoms with Crippen LogP contribution in [0.3, 0.4) is 0 Å². The average molecular weight is 277 g/mol. The summed E-state index contributed by atoms with van der Waals surface area (Å²) in [5, 5.41) is 31.5. The standard InChI is InChI=1S/C13H15N3O4/c1-8(2)11(13(17)18)7-15-12-4-3-10(16(19)20)5-9(12)6-14/h3-5,8,11,15H,7H2,1-2H3,(H,17,18). The molecule has 0 bridgehead atoms. The van der Waals surface area contributed by atoms with Crippen LogP contribution in [0, 0.1) is 33.3 Å². The summed E-state index contributed by atoms with van der Waals surface area (Å²) in [6, 6.07) is 5.70. The van der Waals surface area contributed by atoms with Crippen LogP contribution in [-0.2, 0) is 4.79 Å². The van der Waals surface area contributed by atoms with E-state index in [1.165, 1.54) is 12.1 Å². The maximum atomic E-state index is 11.1. The number of nitrogens with zero attached hydrogens (tertiary/aromatic N) is 2. The minimum Gasteiger partial charge on any atom is -0.481 e. The highest BCUT2D eigenvalue weighted by molar-refractivity contribution is 5.71. The van der Waals surface area contributed by atoms with E-state index >= 15 is 0 Å². The number of nitro benzene ring substituents is 1. The molecular weight excluding hydrogens is 262 g/mol. The molecule has 0 aliphatic carbocycles. The van der Waals surface area contributed by atoms with Gasteiger partial charge in [0.1, 0.15) is 6.07 Å². The molecule has 1 unspecified atom stereocenters. The zero-order valence-corrected chi connectivity index (χ0v) is 11.2. The highest BCUT2D eigenvalue weighted by Gasteiger charge is 2.21. The molecular formula is C13H15N3O4. The topological polar surface area (TPSA) is 116 Å². The SMILES string of the molecule is CC(C)C(CNc1ccc([N+](=O)[O-])cc1C#N)C(=O)O. The molecule has 0 aromatic heterocycles. The predicted molar refractivity (Wildman–Crippen MR) is 72.3 cm³/mol. The molecule has 0 amide bonds. The van der Waals surface area contributed by atoms with Crippen LogP contribution in [0.15, 0.2) is 18.2 Å². The molecule has 0 aliphatic heterocycles. The second-order valence-electron chi connectivity index (χ2n) is 4.67. The zero-order valence-electron chi connectivity index (χ0n) is 11.2. The Balaban J connectivity index is 2.91. The van der Waals surface area contributed by atoms with Crippen molar-refractivity contribution in [1.82, 2.24) is 0 Å². The van der Waals surface area contributed by atoms with Crippen molar-refractivity contribution in [1.29, 1.82) is 5.26 Å². The van der Waals surface area contributed by atoms with Gasteiger partial charge in [-0.1, -0.05) is 13.8 Å². The second kappa shape index (κ2) is 6.52. The van der Waals surface area contributed by atoms with Crippen molar-refractivity contribution in [3.05, 3.63) is 33.9 Å². The Morgan fingerprint density at radius 2 is 2.20 bits per heavy atom. The molecule has 0 aliphatic rings. The molecule has 1 atom stereocenters. The smallest absolute Gasteiger partial charge is 0.308 e. The molecule has 1 aromatic rings. The number of aliphatic carboxylic acids is 1. The monoisotopic (exact) mass is 277 g/mol. The van der Waals surface area contributed by atoms with E-state index in [1.54, 1.807) is 13.8 Å². The Morgan fingerprint density at radius 1 is 1.55 bits per heavy atom. The minimum absolute atomic E-state index is 0.0661. The van der Waals surface area contributed by atoms with Gasteiger partial charge >= 0.3 is 5.97 Å². The summed E-state index contributed by atoms with van der Waals surface area (Å²) in [6.07, 6.45) is 0. The van der Waals surface area contributed by atoms with Gasteiger partial charge in [0.2, 0.25) is 0 Å². The number of carboxylic acids is 1. The van der Waals surface area contributed by atoms with Gasteiger partial charge in [-0.15, -0.1) is 0 Å². The van der Waals surface area contributed by atoms with Crippen molar-refractivity contribution >= 4 is 17.3 Å². The third kappa shape index (κ3) is 3.68. The number of rotatable bonds is 6. The Bertz CT molecular complexity index is 563. The van der Waals surface area contributed by atoms with Crippen LogP contribution < -0.4 is 5.32 Å². The van der Waals surface area contributed by atoms with Crippen molar-refractivity contribution in [2.45, 2.75) is 13.8 Å². The fourth-order valence-electron chi connectivity index (χ4n) is 1.72. The molecule has 0 fully saturated rings. The molecule has 20 heavy (non-hydrogen) atoms. The van der Waals surface area contributed by atoms with E-state index in [2.05, 4.69) is 5.32 Å². The normalized spacial score (nSPS) is 11.7. The van der Waals surface area contributed by atoms with Gasteiger partial charge in [-0.05, 0) is 12.0 Å². The number of hydrogen-bond acceptors (Lipinski definition) is 5. The summed E-state index contributed by atoms with van der Waals surface area (Å²) < 4.78 is 0.